The average Bonchev–Trinajstić information content (AvgIpc) is 2.84. The first-order chi connectivity index (χ1) is 7.33. The van der Waals surface area contributed by atoms with Gasteiger partial charge in [0.2, 0.25) is 0 Å². The van der Waals surface area contributed by atoms with Gasteiger partial charge in [-0.25, -0.2) is 4.79 Å². The minimum atomic E-state index is -0.341. The molecule has 76 valence electrons. The second-order valence-electron chi connectivity index (χ2n) is 3.60. The van der Waals surface area contributed by atoms with Gasteiger partial charge in [-0.3, -0.25) is 0 Å². The summed E-state index contributed by atoms with van der Waals surface area (Å²) in [6.45, 7) is 0.547. The van der Waals surface area contributed by atoms with Crippen LogP contribution in [0.3, 0.4) is 0 Å². The summed E-state index contributed by atoms with van der Waals surface area (Å²) in [5.74, 6) is 0. The van der Waals surface area contributed by atoms with E-state index in [1.54, 1.807) is 0 Å². The average molecular weight is 202 g/mol. The standard InChI is InChI=1S/C11H10N2O2/c14-11-13-6-10(15-11)8-2-1-7-3-4-12-9(7)5-8/h1-5,10,12H,6H2,(H,13,14). The molecule has 4 heteroatoms. The first-order valence-electron chi connectivity index (χ1n) is 4.84. The number of benzene rings is 1. The summed E-state index contributed by atoms with van der Waals surface area (Å²) in [6.07, 6.45) is 1.39. The zero-order chi connectivity index (χ0) is 10.3. The van der Waals surface area contributed by atoms with E-state index >= 15 is 0 Å². The van der Waals surface area contributed by atoms with E-state index in [1.165, 1.54) is 0 Å². The van der Waals surface area contributed by atoms with E-state index in [1.807, 2.05) is 30.5 Å². The van der Waals surface area contributed by atoms with Crippen LogP contribution in [0.2, 0.25) is 0 Å². The van der Waals surface area contributed by atoms with Crippen LogP contribution in [-0.2, 0) is 4.74 Å². The van der Waals surface area contributed by atoms with Crippen LogP contribution in [0.5, 0.6) is 0 Å². The number of aromatic amines is 1. The molecule has 0 spiro atoms. The van der Waals surface area contributed by atoms with E-state index in [4.69, 9.17) is 4.74 Å². The predicted molar refractivity (Wildman–Crippen MR) is 55.5 cm³/mol. The van der Waals surface area contributed by atoms with Crippen LogP contribution in [0.4, 0.5) is 4.79 Å². The Hall–Kier alpha value is -1.97. The van der Waals surface area contributed by atoms with Gasteiger partial charge in [0, 0.05) is 11.7 Å². The van der Waals surface area contributed by atoms with Crippen molar-refractivity contribution >= 4 is 17.0 Å². The van der Waals surface area contributed by atoms with Crippen LogP contribution >= 0.6 is 0 Å². The van der Waals surface area contributed by atoms with E-state index in [0.29, 0.717) is 6.54 Å². The van der Waals surface area contributed by atoms with Crippen molar-refractivity contribution in [3.8, 4) is 0 Å². The lowest BCUT2D eigenvalue weighted by Gasteiger charge is -2.07. The van der Waals surface area contributed by atoms with Gasteiger partial charge in [-0.2, -0.15) is 0 Å². The van der Waals surface area contributed by atoms with Gasteiger partial charge in [0.05, 0.1) is 6.54 Å². The van der Waals surface area contributed by atoms with Crippen LogP contribution in [0, 0.1) is 0 Å². The zero-order valence-electron chi connectivity index (χ0n) is 7.99. The summed E-state index contributed by atoms with van der Waals surface area (Å²) in [4.78, 5) is 14.0. The van der Waals surface area contributed by atoms with E-state index in [2.05, 4.69) is 10.3 Å². The molecule has 1 unspecified atom stereocenters. The third-order valence-electron chi connectivity index (χ3n) is 2.63. The van der Waals surface area contributed by atoms with Crippen LogP contribution in [-0.4, -0.2) is 17.6 Å². The van der Waals surface area contributed by atoms with Crippen molar-refractivity contribution < 1.29 is 9.53 Å². The second-order valence-corrected chi connectivity index (χ2v) is 3.60. The maximum absolute atomic E-state index is 10.9. The predicted octanol–water partition coefficient (Wildman–Crippen LogP) is 1.95. The van der Waals surface area contributed by atoms with Gasteiger partial charge in [-0.05, 0) is 23.1 Å². The Morgan fingerprint density at radius 3 is 3.07 bits per heavy atom. The third kappa shape index (κ3) is 1.34. The molecule has 0 bridgehead atoms. The fraction of sp³-hybridized carbons (Fsp3) is 0.182. The first kappa shape index (κ1) is 8.35. The molecule has 1 saturated heterocycles. The van der Waals surface area contributed by atoms with Crippen LogP contribution < -0.4 is 5.32 Å². The van der Waals surface area contributed by atoms with E-state index in [0.717, 1.165) is 16.5 Å². The number of fused-ring (bicyclic) bond motifs is 1. The number of cyclic esters (lactones) is 1. The molecule has 2 heterocycles. The molecule has 1 atom stereocenters. The van der Waals surface area contributed by atoms with Crippen molar-refractivity contribution in [1.82, 2.24) is 10.3 Å². The Bertz CT molecular complexity index is 518. The number of ether oxygens (including phenoxy) is 1. The summed E-state index contributed by atoms with van der Waals surface area (Å²) in [6, 6.07) is 8.03. The number of nitrogens with one attached hydrogen (secondary N) is 2. The van der Waals surface area contributed by atoms with E-state index in [-0.39, 0.29) is 12.2 Å². The lowest BCUT2D eigenvalue weighted by Crippen LogP contribution is -2.12. The summed E-state index contributed by atoms with van der Waals surface area (Å²) in [5, 5.41) is 3.80. The minimum Gasteiger partial charge on any atom is -0.439 e. The molecule has 1 amide bonds. The number of H-pyrrole nitrogens is 1. The van der Waals surface area contributed by atoms with Gasteiger partial charge >= 0.3 is 6.09 Å². The Labute approximate surface area is 86.2 Å². The molecule has 4 nitrogen and oxygen atoms in total. The molecule has 1 aromatic carbocycles. The van der Waals surface area contributed by atoms with Crippen molar-refractivity contribution in [3.05, 3.63) is 36.0 Å². The number of aromatic nitrogens is 1. The molecular formula is C11H10N2O2. The summed E-state index contributed by atoms with van der Waals surface area (Å²) < 4.78 is 5.11. The molecule has 0 saturated carbocycles. The molecule has 1 aromatic heterocycles. The second kappa shape index (κ2) is 3.02. The number of carbonyl (C=O) groups is 1. The highest BCUT2D eigenvalue weighted by Crippen LogP contribution is 2.24. The Balaban J connectivity index is 2.00. The lowest BCUT2D eigenvalue weighted by molar-refractivity contribution is 0.141. The maximum atomic E-state index is 10.9. The fourth-order valence-corrected chi connectivity index (χ4v) is 1.84. The number of rotatable bonds is 1. The first-order valence-corrected chi connectivity index (χ1v) is 4.84. The topological polar surface area (TPSA) is 54.1 Å². The van der Waals surface area contributed by atoms with Gasteiger partial charge in [0.15, 0.2) is 0 Å². The molecule has 2 aromatic rings. The quantitative estimate of drug-likeness (QED) is 0.742. The van der Waals surface area contributed by atoms with Crippen LogP contribution in [0.25, 0.3) is 10.9 Å². The van der Waals surface area contributed by atoms with E-state index in [9.17, 15) is 4.79 Å². The molecule has 1 fully saturated rings. The van der Waals surface area contributed by atoms with Gasteiger partial charge < -0.3 is 15.0 Å². The van der Waals surface area contributed by atoms with Gasteiger partial charge in [-0.1, -0.05) is 12.1 Å². The number of hydrogen-bond donors (Lipinski definition) is 2. The minimum absolute atomic E-state index is 0.162. The summed E-state index contributed by atoms with van der Waals surface area (Å²) in [5.41, 5.74) is 2.08. The number of amides is 1. The van der Waals surface area contributed by atoms with Gasteiger partial charge in [0.25, 0.3) is 0 Å². The highest BCUT2D eigenvalue weighted by Gasteiger charge is 2.24. The molecule has 2 N–H and O–H groups in total. The normalized spacial score (nSPS) is 20.3. The van der Waals surface area contributed by atoms with E-state index < -0.39 is 0 Å². The highest BCUT2D eigenvalue weighted by molar-refractivity contribution is 5.80. The number of carbonyl (C=O) groups excluding carboxylic acids is 1. The monoisotopic (exact) mass is 202 g/mol. The van der Waals surface area contributed by atoms with Crippen molar-refractivity contribution in [2.75, 3.05) is 6.54 Å². The molecular weight excluding hydrogens is 192 g/mol. The number of alkyl carbamates (subject to hydrolysis) is 1. The summed E-state index contributed by atoms with van der Waals surface area (Å²) >= 11 is 0. The van der Waals surface area contributed by atoms with Gasteiger partial charge in [-0.15, -0.1) is 0 Å². The van der Waals surface area contributed by atoms with Crippen molar-refractivity contribution in [2.24, 2.45) is 0 Å². The smallest absolute Gasteiger partial charge is 0.407 e. The van der Waals surface area contributed by atoms with Crippen molar-refractivity contribution in [3.63, 3.8) is 0 Å². The number of hydrogen-bond acceptors (Lipinski definition) is 2. The molecule has 1 aliphatic heterocycles. The molecule has 3 rings (SSSR count). The highest BCUT2D eigenvalue weighted by atomic mass is 16.6. The summed E-state index contributed by atoms with van der Waals surface area (Å²) in [7, 11) is 0. The van der Waals surface area contributed by atoms with Gasteiger partial charge in [0.1, 0.15) is 6.10 Å². The fourth-order valence-electron chi connectivity index (χ4n) is 1.84. The molecule has 0 radical (unpaired) electrons. The Morgan fingerprint density at radius 2 is 2.27 bits per heavy atom. The Kier molecular flexibility index (Phi) is 1.68. The third-order valence-corrected chi connectivity index (χ3v) is 2.63. The molecule has 1 aliphatic rings. The Morgan fingerprint density at radius 1 is 1.33 bits per heavy atom. The lowest BCUT2D eigenvalue weighted by atomic mass is 10.1. The van der Waals surface area contributed by atoms with Crippen molar-refractivity contribution in [2.45, 2.75) is 6.10 Å². The molecule has 15 heavy (non-hydrogen) atoms. The largest absolute Gasteiger partial charge is 0.439 e. The SMILES string of the molecule is O=C1NCC(c2ccc3cc[nH]c3c2)O1. The maximum Gasteiger partial charge on any atom is 0.407 e. The van der Waals surface area contributed by atoms with Crippen LogP contribution in [0.15, 0.2) is 30.5 Å². The van der Waals surface area contributed by atoms with Crippen molar-refractivity contribution in [1.29, 1.82) is 0 Å². The molecule has 0 aliphatic carbocycles. The zero-order valence-corrected chi connectivity index (χ0v) is 7.99. The van der Waals surface area contributed by atoms with Crippen LogP contribution in [0.1, 0.15) is 11.7 Å².